The molecular weight excluding hydrogens is 252 g/mol. The first-order chi connectivity index (χ1) is 9.70. The molecule has 0 bridgehead atoms. The van der Waals surface area contributed by atoms with Crippen molar-refractivity contribution in [3.63, 3.8) is 0 Å². The van der Waals surface area contributed by atoms with Crippen LogP contribution in [0.25, 0.3) is 0 Å². The second kappa shape index (κ2) is 6.65. The van der Waals surface area contributed by atoms with Gasteiger partial charge in [0.15, 0.2) is 0 Å². The van der Waals surface area contributed by atoms with Gasteiger partial charge < -0.3 is 10.6 Å². The highest BCUT2D eigenvalue weighted by atomic mass is 16.1. The Labute approximate surface area is 118 Å². The van der Waals surface area contributed by atoms with Crippen molar-refractivity contribution < 1.29 is 4.79 Å². The highest BCUT2D eigenvalue weighted by Gasteiger charge is 2.07. The van der Waals surface area contributed by atoms with Gasteiger partial charge in [-0.25, -0.2) is 4.98 Å². The average molecular weight is 270 g/mol. The van der Waals surface area contributed by atoms with Gasteiger partial charge in [-0.2, -0.15) is 0 Å². The zero-order chi connectivity index (χ0) is 14.4. The number of nitrogens with one attached hydrogen (secondary N) is 2. The zero-order valence-corrected chi connectivity index (χ0v) is 11.7. The molecular formula is C15H18N4O. The molecule has 2 aromatic rings. The Bertz CT molecular complexity index is 598. The molecule has 2 heterocycles. The molecule has 5 heteroatoms. The number of aryl methyl sites for hydroxylation is 1. The van der Waals surface area contributed by atoms with Gasteiger partial charge in [-0.05, 0) is 43.2 Å². The van der Waals surface area contributed by atoms with E-state index in [-0.39, 0.29) is 5.91 Å². The van der Waals surface area contributed by atoms with Gasteiger partial charge in [0, 0.05) is 37.2 Å². The van der Waals surface area contributed by atoms with Gasteiger partial charge >= 0.3 is 0 Å². The van der Waals surface area contributed by atoms with Crippen molar-refractivity contribution in [3.05, 3.63) is 53.5 Å². The van der Waals surface area contributed by atoms with Crippen molar-refractivity contribution in [2.45, 2.75) is 20.4 Å². The number of rotatable bonds is 5. The molecule has 5 nitrogen and oxygen atoms in total. The summed E-state index contributed by atoms with van der Waals surface area (Å²) in [6.45, 7) is 5.23. The summed E-state index contributed by atoms with van der Waals surface area (Å²) in [4.78, 5) is 20.3. The molecule has 2 rings (SSSR count). The van der Waals surface area contributed by atoms with Crippen molar-refractivity contribution in [2.24, 2.45) is 0 Å². The second-order valence-electron chi connectivity index (χ2n) is 4.44. The van der Waals surface area contributed by atoms with Crippen LogP contribution < -0.4 is 10.6 Å². The topological polar surface area (TPSA) is 66.9 Å². The van der Waals surface area contributed by atoms with Crippen LogP contribution >= 0.6 is 0 Å². The van der Waals surface area contributed by atoms with E-state index in [4.69, 9.17) is 0 Å². The maximum atomic E-state index is 12.1. The molecule has 104 valence electrons. The van der Waals surface area contributed by atoms with Crippen LogP contribution in [0.1, 0.15) is 28.4 Å². The quantitative estimate of drug-likeness (QED) is 0.873. The number of anilines is 1. The van der Waals surface area contributed by atoms with Gasteiger partial charge in [0.2, 0.25) is 0 Å². The lowest BCUT2D eigenvalue weighted by Gasteiger charge is -2.08. The van der Waals surface area contributed by atoms with Gasteiger partial charge in [0.1, 0.15) is 5.82 Å². The SMILES string of the molecule is CCNc1cc(C(=O)NCc2ccncc2C)ccn1. The van der Waals surface area contributed by atoms with Crippen LogP contribution in [-0.2, 0) is 6.54 Å². The van der Waals surface area contributed by atoms with Crippen molar-refractivity contribution in [1.82, 2.24) is 15.3 Å². The predicted molar refractivity (Wildman–Crippen MR) is 78.5 cm³/mol. The fourth-order valence-electron chi connectivity index (χ4n) is 1.83. The summed E-state index contributed by atoms with van der Waals surface area (Å²) in [7, 11) is 0. The number of nitrogens with zero attached hydrogens (tertiary/aromatic N) is 2. The molecule has 20 heavy (non-hydrogen) atoms. The van der Waals surface area contributed by atoms with E-state index in [1.165, 1.54) is 0 Å². The van der Waals surface area contributed by atoms with Gasteiger partial charge in [-0.15, -0.1) is 0 Å². The van der Waals surface area contributed by atoms with Crippen LogP contribution in [0.5, 0.6) is 0 Å². The number of pyridine rings is 2. The Morgan fingerprint density at radius 2 is 2.15 bits per heavy atom. The minimum Gasteiger partial charge on any atom is -0.370 e. The van der Waals surface area contributed by atoms with E-state index in [0.29, 0.717) is 17.9 Å². The van der Waals surface area contributed by atoms with E-state index in [1.807, 2.05) is 19.9 Å². The highest BCUT2D eigenvalue weighted by molar-refractivity contribution is 5.94. The van der Waals surface area contributed by atoms with Crippen LogP contribution in [0.2, 0.25) is 0 Å². The van der Waals surface area contributed by atoms with E-state index in [0.717, 1.165) is 17.7 Å². The van der Waals surface area contributed by atoms with Crippen LogP contribution in [0.3, 0.4) is 0 Å². The van der Waals surface area contributed by atoms with E-state index >= 15 is 0 Å². The fraction of sp³-hybridized carbons (Fsp3) is 0.267. The molecule has 0 unspecified atom stereocenters. The van der Waals surface area contributed by atoms with Crippen LogP contribution in [0, 0.1) is 6.92 Å². The Morgan fingerprint density at radius 1 is 1.30 bits per heavy atom. The third-order valence-electron chi connectivity index (χ3n) is 2.96. The maximum Gasteiger partial charge on any atom is 0.251 e. The minimum atomic E-state index is -0.109. The standard InChI is InChI=1S/C15H18N4O/c1-3-17-14-8-12(5-7-18-14)15(20)19-10-13-4-6-16-9-11(13)2/h4-9H,3,10H2,1-2H3,(H,17,18)(H,19,20). The fourth-order valence-corrected chi connectivity index (χ4v) is 1.83. The van der Waals surface area contributed by atoms with Gasteiger partial charge in [0.05, 0.1) is 0 Å². The molecule has 0 aliphatic rings. The first-order valence-corrected chi connectivity index (χ1v) is 6.58. The van der Waals surface area contributed by atoms with Crippen molar-refractivity contribution in [1.29, 1.82) is 0 Å². The number of carbonyl (C=O) groups excluding carboxylic acids is 1. The Morgan fingerprint density at radius 3 is 2.90 bits per heavy atom. The normalized spacial score (nSPS) is 10.1. The summed E-state index contributed by atoms with van der Waals surface area (Å²) in [5, 5.41) is 5.99. The smallest absolute Gasteiger partial charge is 0.251 e. The minimum absolute atomic E-state index is 0.109. The van der Waals surface area contributed by atoms with Gasteiger partial charge in [-0.1, -0.05) is 0 Å². The zero-order valence-electron chi connectivity index (χ0n) is 11.7. The van der Waals surface area contributed by atoms with Crippen molar-refractivity contribution in [2.75, 3.05) is 11.9 Å². The highest BCUT2D eigenvalue weighted by Crippen LogP contribution is 2.08. The molecule has 1 amide bonds. The molecule has 0 aliphatic heterocycles. The van der Waals surface area contributed by atoms with Crippen molar-refractivity contribution >= 4 is 11.7 Å². The molecule has 0 aliphatic carbocycles. The lowest BCUT2D eigenvalue weighted by molar-refractivity contribution is 0.0951. The molecule has 0 radical (unpaired) electrons. The Kier molecular flexibility index (Phi) is 4.65. The third kappa shape index (κ3) is 3.54. The molecule has 0 spiro atoms. The summed E-state index contributed by atoms with van der Waals surface area (Å²) in [5.41, 5.74) is 2.73. The lowest BCUT2D eigenvalue weighted by atomic mass is 10.1. The molecule has 2 aromatic heterocycles. The Balaban J connectivity index is 2.01. The molecule has 0 aromatic carbocycles. The number of carbonyl (C=O) groups is 1. The summed E-state index contributed by atoms with van der Waals surface area (Å²) >= 11 is 0. The van der Waals surface area contributed by atoms with E-state index in [9.17, 15) is 4.79 Å². The van der Waals surface area contributed by atoms with Crippen LogP contribution in [0.15, 0.2) is 36.8 Å². The Hall–Kier alpha value is -2.43. The summed E-state index contributed by atoms with van der Waals surface area (Å²) in [6.07, 6.45) is 5.14. The number of hydrogen-bond donors (Lipinski definition) is 2. The summed E-state index contributed by atoms with van der Waals surface area (Å²) in [5.74, 6) is 0.600. The molecule has 0 atom stereocenters. The van der Waals surface area contributed by atoms with Crippen LogP contribution in [0.4, 0.5) is 5.82 Å². The van der Waals surface area contributed by atoms with Gasteiger partial charge in [-0.3, -0.25) is 9.78 Å². The van der Waals surface area contributed by atoms with Gasteiger partial charge in [0.25, 0.3) is 5.91 Å². The summed E-state index contributed by atoms with van der Waals surface area (Å²) < 4.78 is 0. The number of aromatic nitrogens is 2. The number of amides is 1. The molecule has 0 saturated heterocycles. The molecule has 0 fully saturated rings. The monoisotopic (exact) mass is 270 g/mol. The average Bonchev–Trinajstić information content (AvgIpc) is 2.47. The number of hydrogen-bond acceptors (Lipinski definition) is 4. The maximum absolute atomic E-state index is 12.1. The molecule has 0 saturated carbocycles. The van der Waals surface area contributed by atoms with E-state index < -0.39 is 0 Å². The molecule has 2 N–H and O–H groups in total. The first-order valence-electron chi connectivity index (χ1n) is 6.58. The second-order valence-corrected chi connectivity index (χ2v) is 4.44. The predicted octanol–water partition coefficient (Wildman–Crippen LogP) is 2.15. The van der Waals surface area contributed by atoms with E-state index in [2.05, 4.69) is 20.6 Å². The third-order valence-corrected chi connectivity index (χ3v) is 2.96. The summed E-state index contributed by atoms with van der Waals surface area (Å²) in [6, 6.07) is 5.36. The van der Waals surface area contributed by atoms with Crippen molar-refractivity contribution in [3.8, 4) is 0 Å². The lowest BCUT2D eigenvalue weighted by Crippen LogP contribution is -2.23. The largest absolute Gasteiger partial charge is 0.370 e. The van der Waals surface area contributed by atoms with Crippen LogP contribution in [-0.4, -0.2) is 22.4 Å². The first kappa shape index (κ1) is 14.0. The van der Waals surface area contributed by atoms with E-state index in [1.54, 1.807) is 30.7 Å².